The van der Waals surface area contributed by atoms with Crippen molar-refractivity contribution >= 4 is 11.4 Å². The molecule has 1 atom stereocenters. The van der Waals surface area contributed by atoms with Crippen molar-refractivity contribution in [3.8, 4) is 5.75 Å². The minimum atomic E-state index is -2.85. The first-order chi connectivity index (χ1) is 8.45. The van der Waals surface area contributed by atoms with E-state index < -0.39 is 17.5 Å². The Morgan fingerprint density at radius 1 is 1.56 bits per heavy atom. The molecule has 0 heterocycles. The molecule has 0 aliphatic heterocycles. The van der Waals surface area contributed by atoms with E-state index in [2.05, 4.69) is 5.32 Å². The molecule has 8 heteroatoms. The quantitative estimate of drug-likeness (QED) is 0.601. The molecule has 6 nitrogen and oxygen atoms in total. The number of nitrogens with one attached hydrogen (secondary N) is 1. The first-order valence-corrected chi connectivity index (χ1v) is 4.98. The van der Waals surface area contributed by atoms with Crippen molar-refractivity contribution < 1.29 is 23.5 Å². The zero-order valence-corrected chi connectivity index (χ0v) is 9.47. The van der Waals surface area contributed by atoms with Crippen molar-refractivity contribution in [2.75, 3.05) is 19.0 Å². The minimum Gasteiger partial charge on any atom is -0.490 e. The molecule has 100 valence electrons. The van der Waals surface area contributed by atoms with Crippen LogP contribution in [0.15, 0.2) is 18.2 Å². The molecule has 1 aromatic rings. The highest BCUT2D eigenvalue weighted by atomic mass is 19.3. The second-order valence-electron chi connectivity index (χ2n) is 3.43. The summed E-state index contributed by atoms with van der Waals surface area (Å²) < 4.78 is 28.9. The summed E-state index contributed by atoms with van der Waals surface area (Å²) in [6, 6.07) is 3.84. The predicted octanol–water partition coefficient (Wildman–Crippen LogP) is 1.64. The van der Waals surface area contributed by atoms with Crippen molar-refractivity contribution in [1.29, 1.82) is 0 Å². The van der Waals surface area contributed by atoms with E-state index in [0.29, 0.717) is 5.69 Å². The van der Waals surface area contributed by atoms with E-state index in [1.807, 2.05) is 0 Å². The fourth-order valence-corrected chi connectivity index (χ4v) is 1.25. The molecule has 1 rings (SSSR count). The molecule has 2 N–H and O–H groups in total. The Balaban J connectivity index is 2.77. The van der Waals surface area contributed by atoms with Crippen LogP contribution in [0.2, 0.25) is 0 Å². The Bertz CT molecular complexity index is 428. The van der Waals surface area contributed by atoms with Gasteiger partial charge >= 0.3 is 5.69 Å². The smallest absolute Gasteiger partial charge is 0.311 e. The van der Waals surface area contributed by atoms with Crippen LogP contribution in [-0.2, 0) is 0 Å². The average molecular weight is 262 g/mol. The number of benzene rings is 1. The Morgan fingerprint density at radius 2 is 2.22 bits per heavy atom. The lowest BCUT2D eigenvalue weighted by Gasteiger charge is -2.12. The van der Waals surface area contributed by atoms with E-state index >= 15 is 0 Å². The third-order valence-corrected chi connectivity index (χ3v) is 2.18. The van der Waals surface area contributed by atoms with E-state index in [-0.39, 0.29) is 18.0 Å². The third kappa shape index (κ3) is 3.52. The highest BCUT2D eigenvalue weighted by Crippen LogP contribution is 2.29. The van der Waals surface area contributed by atoms with Gasteiger partial charge in [-0.05, 0) is 6.07 Å². The highest BCUT2D eigenvalue weighted by molar-refractivity contribution is 5.57. The largest absolute Gasteiger partial charge is 0.490 e. The highest BCUT2D eigenvalue weighted by Gasteiger charge is 2.18. The molecule has 1 aromatic carbocycles. The van der Waals surface area contributed by atoms with Crippen LogP contribution < -0.4 is 10.1 Å². The average Bonchev–Trinajstić information content (AvgIpc) is 2.34. The van der Waals surface area contributed by atoms with Crippen molar-refractivity contribution in [3.63, 3.8) is 0 Å². The van der Waals surface area contributed by atoms with Crippen LogP contribution in [0.1, 0.15) is 0 Å². The summed E-state index contributed by atoms with van der Waals surface area (Å²) in [7, 11) is 1.26. The molecule has 0 amide bonds. The molecule has 0 aliphatic rings. The molecule has 0 saturated carbocycles. The second-order valence-corrected chi connectivity index (χ2v) is 3.43. The fourth-order valence-electron chi connectivity index (χ4n) is 1.25. The van der Waals surface area contributed by atoms with Crippen LogP contribution in [0.5, 0.6) is 5.75 Å². The number of nitrogens with zero attached hydrogens (tertiary/aromatic N) is 1. The maximum atomic E-state index is 12.0. The van der Waals surface area contributed by atoms with Gasteiger partial charge in [-0.15, -0.1) is 0 Å². The van der Waals surface area contributed by atoms with Gasteiger partial charge < -0.3 is 15.2 Å². The van der Waals surface area contributed by atoms with Crippen LogP contribution in [0, 0.1) is 10.1 Å². The maximum absolute atomic E-state index is 12.0. The van der Waals surface area contributed by atoms with Crippen LogP contribution >= 0.6 is 0 Å². The number of hydrogen-bond donors (Lipinski definition) is 2. The van der Waals surface area contributed by atoms with E-state index in [1.165, 1.54) is 25.3 Å². The number of halogens is 2. The molecule has 1 unspecified atom stereocenters. The van der Waals surface area contributed by atoms with Crippen LogP contribution in [0.3, 0.4) is 0 Å². The molecular formula is C10H12F2N2O4. The van der Waals surface area contributed by atoms with Gasteiger partial charge in [0.05, 0.1) is 12.0 Å². The number of rotatable bonds is 6. The number of nitro groups is 1. The lowest BCUT2D eigenvalue weighted by atomic mass is 10.2. The Kier molecular flexibility index (Phi) is 4.78. The summed E-state index contributed by atoms with van der Waals surface area (Å²) in [4.78, 5) is 10.00. The molecule has 18 heavy (non-hydrogen) atoms. The molecule has 0 radical (unpaired) electrons. The number of aliphatic hydroxyl groups excluding tert-OH is 1. The summed E-state index contributed by atoms with van der Waals surface area (Å²) in [6.45, 7) is -0.362. The zero-order valence-electron chi connectivity index (χ0n) is 9.47. The molecule has 0 saturated heterocycles. The van der Waals surface area contributed by atoms with Gasteiger partial charge in [-0.3, -0.25) is 10.1 Å². The van der Waals surface area contributed by atoms with Crippen molar-refractivity contribution in [2.24, 2.45) is 0 Å². The van der Waals surface area contributed by atoms with Gasteiger partial charge in [-0.1, -0.05) is 0 Å². The van der Waals surface area contributed by atoms with Crippen LogP contribution in [0.4, 0.5) is 20.2 Å². The van der Waals surface area contributed by atoms with Gasteiger partial charge in [0.25, 0.3) is 6.43 Å². The lowest BCUT2D eigenvalue weighted by Crippen LogP contribution is -2.26. The van der Waals surface area contributed by atoms with Gasteiger partial charge in [-0.25, -0.2) is 8.78 Å². The molecule has 0 aromatic heterocycles. The Hall–Kier alpha value is -1.96. The number of hydrogen-bond acceptors (Lipinski definition) is 5. The maximum Gasteiger partial charge on any atom is 0.311 e. The topological polar surface area (TPSA) is 84.6 Å². The molecule has 0 fully saturated rings. The van der Waals surface area contributed by atoms with Crippen molar-refractivity contribution in [3.05, 3.63) is 28.3 Å². The second kappa shape index (κ2) is 6.10. The fraction of sp³-hybridized carbons (Fsp3) is 0.400. The van der Waals surface area contributed by atoms with Gasteiger partial charge in [0, 0.05) is 24.4 Å². The first-order valence-electron chi connectivity index (χ1n) is 4.98. The number of methoxy groups -OCH3 is 1. The van der Waals surface area contributed by atoms with Gasteiger partial charge in [0.1, 0.15) is 6.10 Å². The van der Waals surface area contributed by atoms with Crippen LogP contribution in [-0.4, -0.2) is 36.2 Å². The van der Waals surface area contributed by atoms with Crippen LogP contribution in [0.25, 0.3) is 0 Å². The summed E-state index contributed by atoms with van der Waals surface area (Å²) in [5.74, 6) is 0.0107. The molecule has 0 aliphatic carbocycles. The standard InChI is InChI=1S/C10H12F2N2O4/c1-18-9-4-6(2-3-7(9)14(16)17)13-5-8(15)10(11)12/h2-4,8,10,13,15H,5H2,1H3. The number of nitro benzene ring substituents is 1. The van der Waals surface area contributed by atoms with Gasteiger partial charge in [0.15, 0.2) is 5.75 Å². The SMILES string of the molecule is COc1cc(NCC(O)C(F)F)ccc1[N+](=O)[O-]. The molecule has 0 bridgehead atoms. The van der Waals surface area contributed by atoms with E-state index in [1.54, 1.807) is 0 Å². The van der Waals surface area contributed by atoms with Crippen molar-refractivity contribution in [2.45, 2.75) is 12.5 Å². The van der Waals surface area contributed by atoms with Gasteiger partial charge in [-0.2, -0.15) is 0 Å². The number of ether oxygens (including phenoxy) is 1. The van der Waals surface area contributed by atoms with E-state index in [9.17, 15) is 18.9 Å². The predicted molar refractivity (Wildman–Crippen MR) is 60.1 cm³/mol. The number of alkyl halides is 2. The summed E-state index contributed by atoms with van der Waals surface area (Å²) in [6.07, 6.45) is -4.65. The lowest BCUT2D eigenvalue weighted by molar-refractivity contribution is -0.385. The Morgan fingerprint density at radius 3 is 2.72 bits per heavy atom. The normalized spacial score (nSPS) is 12.3. The summed E-state index contributed by atoms with van der Waals surface area (Å²) >= 11 is 0. The monoisotopic (exact) mass is 262 g/mol. The molecule has 0 spiro atoms. The minimum absolute atomic E-state index is 0.0107. The van der Waals surface area contributed by atoms with E-state index in [4.69, 9.17) is 9.84 Å². The number of aliphatic hydroxyl groups is 1. The molecular weight excluding hydrogens is 250 g/mol. The van der Waals surface area contributed by atoms with E-state index in [0.717, 1.165) is 0 Å². The first kappa shape index (κ1) is 14.1. The number of anilines is 1. The van der Waals surface area contributed by atoms with Gasteiger partial charge in [0.2, 0.25) is 0 Å². The summed E-state index contributed by atoms with van der Waals surface area (Å²) in [5.41, 5.74) is 0.120. The third-order valence-electron chi connectivity index (χ3n) is 2.18. The Labute approximate surface area is 101 Å². The summed E-state index contributed by atoms with van der Waals surface area (Å²) in [5, 5.41) is 22.1. The zero-order chi connectivity index (χ0) is 13.7. The van der Waals surface area contributed by atoms with Crippen molar-refractivity contribution in [1.82, 2.24) is 0 Å².